The fraction of sp³-hybridized carbons (Fsp3) is 0.391. The Balaban J connectivity index is 1.66. The molecule has 6 heteroatoms. The number of amides is 1. The van der Waals surface area contributed by atoms with Crippen molar-refractivity contribution in [1.82, 2.24) is 9.47 Å². The predicted octanol–water partition coefficient (Wildman–Crippen LogP) is 5.65. The van der Waals surface area contributed by atoms with Gasteiger partial charge in [-0.1, -0.05) is 38.1 Å². The number of carbonyl (C=O) groups is 1. The summed E-state index contributed by atoms with van der Waals surface area (Å²) in [6.07, 6.45) is 2.65. The van der Waals surface area contributed by atoms with Crippen LogP contribution >= 0.6 is 22.7 Å². The van der Waals surface area contributed by atoms with Gasteiger partial charge in [-0.15, -0.1) is 22.7 Å². The Morgan fingerprint density at radius 3 is 2.69 bits per heavy atom. The van der Waals surface area contributed by atoms with Crippen LogP contribution in [0.2, 0.25) is 0 Å². The van der Waals surface area contributed by atoms with Crippen molar-refractivity contribution in [1.29, 1.82) is 0 Å². The van der Waals surface area contributed by atoms with Gasteiger partial charge in [0.1, 0.15) is 0 Å². The van der Waals surface area contributed by atoms with Crippen molar-refractivity contribution >= 4 is 34.3 Å². The number of thiophene rings is 1. The summed E-state index contributed by atoms with van der Waals surface area (Å²) in [7, 11) is 0. The van der Waals surface area contributed by atoms with Gasteiger partial charge in [0, 0.05) is 31.4 Å². The molecule has 0 spiro atoms. The molecule has 29 heavy (non-hydrogen) atoms. The number of thiazole rings is 1. The van der Waals surface area contributed by atoms with Crippen LogP contribution in [-0.4, -0.2) is 28.5 Å². The van der Waals surface area contributed by atoms with Gasteiger partial charge in [-0.2, -0.15) is 0 Å². The number of aromatic nitrogens is 1. The van der Waals surface area contributed by atoms with E-state index in [9.17, 15) is 4.79 Å². The molecule has 1 fully saturated rings. The van der Waals surface area contributed by atoms with Gasteiger partial charge in [0.25, 0.3) is 0 Å². The molecule has 1 amide bonds. The number of benzene rings is 1. The third-order valence-corrected chi connectivity index (χ3v) is 7.08. The fourth-order valence-corrected chi connectivity index (χ4v) is 5.56. The van der Waals surface area contributed by atoms with Crippen LogP contribution in [0.4, 0.5) is 5.69 Å². The second-order valence-electron chi connectivity index (χ2n) is 7.70. The van der Waals surface area contributed by atoms with Crippen LogP contribution in [0.25, 0.3) is 10.6 Å². The highest BCUT2D eigenvalue weighted by molar-refractivity contribution is 7.14. The van der Waals surface area contributed by atoms with Crippen LogP contribution in [0, 0.1) is 0 Å². The second-order valence-corrected chi connectivity index (χ2v) is 9.48. The lowest BCUT2D eigenvalue weighted by Crippen LogP contribution is -2.27. The first-order chi connectivity index (χ1) is 14.1. The maximum Gasteiger partial charge on any atom is 0.222 e. The van der Waals surface area contributed by atoms with Gasteiger partial charge in [0.05, 0.1) is 16.3 Å². The quantitative estimate of drug-likeness (QED) is 0.482. The zero-order valence-corrected chi connectivity index (χ0v) is 18.6. The summed E-state index contributed by atoms with van der Waals surface area (Å²) < 4.78 is 2.33. The topological polar surface area (TPSA) is 37.6 Å². The molecule has 0 N–H and O–H groups in total. The van der Waals surface area contributed by atoms with Crippen LogP contribution in [0.3, 0.4) is 0 Å². The number of likely N-dealkylation sites (tertiary alicyclic amines) is 1. The zero-order chi connectivity index (χ0) is 20.2. The zero-order valence-electron chi connectivity index (χ0n) is 17.0. The van der Waals surface area contributed by atoms with Crippen molar-refractivity contribution < 1.29 is 4.79 Å². The molecule has 0 aliphatic carbocycles. The molecule has 1 saturated heterocycles. The molecule has 4 nitrogen and oxygen atoms in total. The van der Waals surface area contributed by atoms with Crippen LogP contribution in [0.1, 0.15) is 44.6 Å². The molecule has 0 saturated carbocycles. The Hall–Kier alpha value is -2.18. The molecule has 4 rings (SSSR count). The Labute approximate surface area is 180 Å². The summed E-state index contributed by atoms with van der Waals surface area (Å²) in [6, 6.07) is 12.7. The van der Waals surface area contributed by atoms with Crippen molar-refractivity contribution in [3.63, 3.8) is 0 Å². The van der Waals surface area contributed by atoms with Gasteiger partial charge in [0.2, 0.25) is 5.91 Å². The van der Waals surface area contributed by atoms with E-state index in [2.05, 4.69) is 65.6 Å². The summed E-state index contributed by atoms with van der Waals surface area (Å²) in [6.45, 7) is 7.02. The molecule has 1 aliphatic heterocycles. The number of para-hydroxylation sites is 1. The summed E-state index contributed by atoms with van der Waals surface area (Å²) in [5, 5.41) is 4.33. The maximum atomic E-state index is 11.9. The van der Waals surface area contributed by atoms with E-state index < -0.39 is 0 Å². The monoisotopic (exact) mass is 425 g/mol. The Morgan fingerprint density at radius 2 is 1.97 bits per heavy atom. The molecule has 3 heterocycles. The number of rotatable bonds is 7. The lowest BCUT2D eigenvalue weighted by molar-refractivity contribution is -0.127. The van der Waals surface area contributed by atoms with E-state index in [4.69, 9.17) is 4.99 Å². The highest BCUT2D eigenvalue weighted by atomic mass is 32.1. The number of hydrogen-bond acceptors (Lipinski definition) is 4. The van der Waals surface area contributed by atoms with Crippen molar-refractivity contribution in [3.05, 3.63) is 57.5 Å². The Morgan fingerprint density at radius 1 is 1.10 bits per heavy atom. The van der Waals surface area contributed by atoms with E-state index in [1.807, 2.05) is 4.90 Å². The van der Waals surface area contributed by atoms with Crippen LogP contribution in [-0.2, 0) is 11.3 Å². The standard InChI is InChI=1S/C23H27N3OS2/c1-17(2)18-8-3-4-9-19(18)24-23-26(14-7-13-25-12-5-11-22(25)27)20(16-29-23)21-10-6-15-28-21/h3-4,6,8-10,15-17H,5,7,11-14H2,1-2H3. The van der Waals surface area contributed by atoms with E-state index >= 15 is 0 Å². The van der Waals surface area contributed by atoms with E-state index in [1.54, 1.807) is 22.7 Å². The smallest absolute Gasteiger partial charge is 0.222 e. The lowest BCUT2D eigenvalue weighted by atomic mass is 10.0. The minimum Gasteiger partial charge on any atom is -0.343 e. The molecule has 0 atom stereocenters. The summed E-state index contributed by atoms with van der Waals surface area (Å²) >= 11 is 3.45. The third kappa shape index (κ3) is 4.54. The first kappa shape index (κ1) is 20.1. The van der Waals surface area contributed by atoms with Crippen molar-refractivity contribution in [2.24, 2.45) is 4.99 Å². The van der Waals surface area contributed by atoms with E-state index in [0.29, 0.717) is 18.2 Å². The largest absolute Gasteiger partial charge is 0.343 e. The van der Waals surface area contributed by atoms with E-state index in [-0.39, 0.29) is 0 Å². The van der Waals surface area contributed by atoms with Crippen LogP contribution < -0.4 is 4.80 Å². The van der Waals surface area contributed by atoms with Gasteiger partial charge >= 0.3 is 0 Å². The van der Waals surface area contributed by atoms with E-state index in [1.165, 1.54) is 16.1 Å². The highest BCUT2D eigenvalue weighted by Crippen LogP contribution is 2.28. The summed E-state index contributed by atoms with van der Waals surface area (Å²) in [5.41, 5.74) is 3.54. The minimum absolute atomic E-state index is 0.301. The van der Waals surface area contributed by atoms with Crippen LogP contribution in [0.5, 0.6) is 0 Å². The molecule has 1 aliphatic rings. The first-order valence-electron chi connectivity index (χ1n) is 10.3. The molecule has 2 aromatic heterocycles. The molecule has 0 radical (unpaired) electrons. The molecule has 1 aromatic carbocycles. The second kappa shape index (κ2) is 9.09. The Bertz CT molecular complexity index is 1030. The first-order valence-corrected chi connectivity index (χ1v) is 12.0. The van der Waals surface area contributed by atoms with Gasteiger partial charge in [-0.25, -0.2) is 4.99 Å². The number of nitrogens with zero attached hydrogens (tertiary/aromatic N) is 3. The SMILES string of the molecule is CC(C)c1ccccc1N=c1scc(-c2cccs2)n1CCCN1CCCC1=O. The molecular formula is C23H27N3OS2. The van der Waals surface area contributed by atoms with Gasteiger partial charge < -0.3 is 9.47 Å². The van der Waals surface area contributed by atoms with Crippen LogP contribution in [0.15, 0.2) is 52.2 Å². The van der Waals surface area contributed by atoms with Gasteiger partial charge in [0.15, 0.2) is 4.80 Å². The summed E-state index contributed by atoms with van der Waals surface area (Å²) in [5.74, 6) is 0.732. The van der Waals surface area contributed by atoms with Crippen molar-refractivity contribution in [2.75, 3.05) is 13.1 Å². The Kier molecular flexibility index (Phi) is 6.31. The number of carbonyl (C=O) groups excluding carboxylic acids is 1. The van der Waals surface area contributed by atoms with Crippen molar-refractivity contribution in [3.8, 4) is 10.6 Å². The van der Waals surface area contributed by atoms with Gasteiger partial charge in [-0.3, -0.25) is 4.79 Å². The highest BCUT2D eigenvalue weighted by Gasteiger charge is 2.19. The minimum atomic E-state index is 0.301. The normalized spacial score (nSPS) is 15.1. The molecule has 0 unspecified atom stereocenters. The maximum absolute atomic E-state index is 11.9. The average molecular weight is 426 g/mol. The molecule has 152 valence electrons. The molecule has 0 bridgehead atoms. The predicted molar refractivity (Wildman–Crippen MR) is 122 cm³/mol. The third-order valence-electron chi connectivity index (χ3n) is 5.33. The number of hydrogen-bond donors (Lipinski definition) is 0. The molecular weight excluding hydrogens is 398 g/mol. The molecule has 3 aromatic rings. The average Bonchev–Trinajstić information content (AvgIpc) is 3.45. The fourth-order valence-electron chi connectivity index (χ4n) is 3.80. The van der Waals surface area contributed by atoms with Gasteiger partial charge in [-0.05, 0) is 41.8 Å². The van der Waals surface area contributed by atoms with Crippen molar-refractivity contribution in [2.45, 2.75) is 45.6 Å². The summed E-state index contributed by atoms with van der Waals surface area (Å²) in [4.78, 5) is 21.3. The van der Waals surface area contributed by atoms with E-state index in [0.717, 1.165) is 43.0 Å². The lowest BCUT2D eigenvalue weighted by Gasteiger charge is -2.16.